The van der Waals surface area contributed by atoms with Gasteiger partial charge in [-0.3, -0.25) is 9.59 Å². The van der Waals surface area contributed by atoms with Crippen LogP contribution in [0.3, 0.4) is 0 Å². The lowest BCUT2D eigenvalue weighted by Crippen LogP contribution is -2.42. The number of carbonyl (C=O) groups excluding carboxylic acids is 1. The molecule has 4 nitrogen and oxygen atoms in total. The van der Waals surface area contributed by atoms with E-state index in [1.165, 1.54) is 0 Å². The monoisotopic (exact) mass is 257 g/mol. The summed E-state index contributed by atoms with van der Waals surface area (Å²) in [5.74, 6) is -0.890. The molecule has 0 rings (SSSR count). The maximum Gasteiger partial charge on any atom is 0.308 e. The van der Waals surface area contributed by atoms with Crippen molar-refractivity contribution in [2.24, 2.45) is 17.8 Å². The number of carboxylic acid groups (broad SMARTS) is 1. The second kappa shape index (κ2) is 8.11. The summed E-state index contributed by atoms with van der Waals surface area (Å²) in [4.78, 5) is 25.0. The molecular weight excluding hydrogens is 230 g/mol. The number of nitrogens with zero attached hydrogens (tertiary/aromatic N) is 1. The number of rotatable bonds is 8. The standard InChI is InChI=1S/C14H27NO3/c1-6-12(7-2)13(16)15(8-10(3)4)9-11(5)14(17)18/h10-12H,6-9H2,1-5H3,(H,17,18). The Labute approximate surface area is 110 Å². The molecule has 1 unspecified atom stereocenters. The predicted octanol–water partition coefficient (Wildman–Crippen LogP) is 2.63. The highest BCUT2D eigenvalue weighted by molar-refractivity contribution is 5.79. The van der Waals surface area contributed by atoms with Gasteiger partial charge in [-0.1, -0.05) is 34.6 Å². The summed E-state index contributed by atoms with van der Waals surface area (Å²) in [6.07, 6.45) is 1.62. The Hall–Kier alpha value is -1.06. The fraction of sp³-hybridized carbons (Fsp3) is 0.857. The highest BCUT2D eigenvalue weighted by Gasteiger charge is 2.25. The van der Waals surface area contributed by atoms with E-state index in [0.29, 0.717) is 19.0 Å². The number of hydrogen-bond donors (Lipinski definition) is 1. The Balaban J connectivity index is 4.76. The molecule has 0 saturated carbocycles. The lowest BCUT2D eigenvalue weighted by molar-refractivity contribution is -0.144. The zero-order valence-corrected chi connectivity index (χ0v) is 12.3. The SMILES string of the molecule is CCC(CC)C(=O)N(CC(C)C)CC(C)C(=O)O. The molecule has 0 aliphatic heterocycles. The van der Waals surface area contributed by atoms with Crippen LogP contribution in [-0.4, -0.2) is 35.0 Å². The third-order valence-corrected chi connectivity index (χ3v) is 3.15. The first kappa shape index (κ1) is 16.9. The number of aliphatic carboxylic acids is 1. The Morgan fingerprint density at radius 3 is 1.89 bits per heavy atom. The third-order valence-electron chi connectivity index (χ3n) is 3.15. The predicted molar refractivity (Wildman–Crippen MR) is 72.3 cm³/mol. The van der Waals surface area contributed by atoms with Gasteiger partial charge in [0.05, 0.1) is 5.92 Å². The van der Waals surface area contributed by atoms with Gasteiger partial charge >= 0.3 is 5.97 Å². The summed E-state index contributed by atoms with van der Waals surface area (Å²) in [6, 6.07) is 0. The molecule has 0 fully saturated rings. The minimum Gasteiger partial charge on any atom is -0.481 e. The summed E-state index contributed by atoms with van der Waals surface area (Å²) < 4.78 is 0. The summed E-state index contributed by atoms with van der Waals surface area (Å²) in [7, 11) is 0. The van der Waals surface area contributed by atoms with Gasteiger partial charge in [0, 0.05) is 19.0 Å². The van der Waals surface area contributed by atoms with Crippen LogP contribution in [0.4, 0.5) is 0 Å². The first-order chi connectivity index (χ1) is 8.33. The average molecular weight is 257 g/mol. The van der Waals surface area contributed by atoms with Crippen LogP contribution >= 0.6 is 0 Å². The van der Waals surface area contributed by atoms with Crippen LogP contribution in [0.5, 0.6) is 0 Å². The molecule has 0 aromatic rings. The molecule has 0 bridgehead atoms. The third kappa shape index (κ3) is 5.52. The van der Waals surface area contributed by atoms with Crippen LogP contribution in [0.2, 0.25) is 0 Å². The van der Waals surface area contributed by atoms with Gasteiger partial charge in [-0.05, 0) is 18.8 Å². The molecule has 0 radical (unpaired) electrons. The molecule has 1 atom stereocenters. The topological polar surface area (TPSA) is 57.6 Å². The Morgan fingerprint density at radius 2 is 1.56 bits per heavy atom. The maximum absolute atomic E-state index is 12.3. The minimum absolute atomic E-state index is 0.0183. The summed E-state index contributed by atoms with van der Waals surface area (Å²) in [6.45, 7) is 10.7. The molecule has 1 amide bonds. The van der Waals surface area contributed by atoms with Gasteiger partial charge in [0.15, 0.2) is 0 Å². The van der Waals surface area contributed by atoms with Gasteiger partial charge in [0.1, 0.15) is 0 Å². The molecule has 1 N–H and O–H groups in total. The Morgan fingerprint density at radius 1 is 1.06 bits per heavy atom. The lowest BCUT2D eigenvalue weighted by Gasteiger charge is -2.29. The molecule has 0 aliphatic rings. The zero-order valence-electron chi connectivity index (χ0n) is 12.3. The van der Waals surface area contributed by atoms with E-state index < -0.39 is 11.9 Å². The lowest BCUT2D eigenvalue weighted by atomic mass is 10.00. The molecule has 0 spiro atoms. The quantitative estimate of drug-likeness (QED) is 0.727. The summed E-state index contributed by atoms with van der Waals surface area (Å²) in [5, 5.41) is 8.96. The van der Waals surface area contributed by atoms with E-state index in [1.807, 2.05) is 27.7 Å². The van der Waals surface area contributed by atoms with Crippen LogP contribution < -0.4 is 0 Å². The van der Waals surface area contributed by atoms with E-state index in [1.54, 1.807) is 11.8 Å². The van der Waals surface area contributed by atoms with Crippen LogP contribution in [-0.2, 0) is 9.59 Å². The summed E-state index contributed by atoms with van der Waals surface area (Å²) in [5.41, 5.74) is 0. The molecule has 106 valence electrons. The fourth-order valence-electron chi connectivity index (χ4n) is 2.00. The first-order valence-electron chi connectivity index (χ1n) is 6.84. The second-order valence-electron chi connectivity index (χ2n) is 5.39. The van der Waals surface area contributed by atoms with Crippen LogP contribution in [0.15, 0.2) is 0 Å². The van der Waals surface area contributed by atoms with Gasteiger partial charge < -0.3 is 10.0 Å². The van der Waals surface area contributed by atoms with Gasteiger partial charge in [-0.25, -0.2) is 0 Å². The number of hydrogen-bond acceptors (Lipinski definition) is 2. The van der Waals surface area contributed by atoms with E-state index in [2.05, 4.69) is 0 Å². The van der Waals surface area contributed by atoms with Crippen LogP contribution in [0, 0.1) is 17.8 Å². The molecule has 0 saturated heterocycles. The highest BCUT2D eigenvalue weighted by atomic mass is 16.4. The minimum atomic E-state index is -0.846. The van der Waals surface area contributed by atoms with Crippen molar-refractivity contribution in [2.45, 2.75) is 47.5 Å². The molecule has 0 aromatic heterocycles. The fourth-order valence-corrected chi connectivity index (χ4v) is 2.00. The van der Waals surface area contributed by atoms with Gasteiger partial charge in [0.2, 0.25) is 5.91 Å². The van der Waals surface area contributed by atoms with E-state index >= 15 is 0 Å². The van der Waals surface area contributed by atoms with Crippen LogP contribution in [0.25, 0.3) is 0 Å². The molecule has 4 heteroatoms. The van der Waals surface area contributed by atoms with E-state index in [9.17, 15) is 9.59 Å². The molecule has 0 aromatic carbocycles. The molecule has 18 heavy (non-hydrogen) atoms. The van der Waals surface area contributed by atoms with Crippen molar-refractivity contribution in [1.29, 1.82) is 0 Å². The van der Waals surface area contributed by atoms with Crippen molar-refractivity contribution >= 4 is 11.9 Å². The van der Waals surface area contributed by atoms with Gasteiger partial charge in [-0.2, -0.15) is 0 Å². The normalized spacial score (nSPS) is 12.8. The van der Waals surface area contributed by atoms with Crippen LogP contribution in [0.1, 0.15) is 47.5 Å². The van der Waals surface area contributed by atoms with Crippen molar-refractivity contribution in [3.63, 3.8) is 0 Å². The number of amides is 1. The van der Waals surface area contributed by atoms with Crippen molar-refractivity contribution in [2.75, 3.05) is 13.1 Å². The van der Waals surface area contributed by atoms with Crippen molar-refractivity contribution < 1.29 is 14.7 Å². The van der Waals surface area contributed by atoms with E-state index in [0.717, 1.165) is 12.8 Å². The Kier molecular flexibility index (Phi) is 7.64. The Bertz CT molecular complexity index is 272. The smallest absolute Gasteiger partial charge is 0.308 e. The second-order valence-corrected chi connectivity index (χ2v) is 5.39. The van der Waals surface area contributed by atoms with Gasteiger partial charge in [-0.15, -0.1) is 0 Å². The highest BCUT2D eigenvalue weighted by Crippen LogP contribution is 2.15. The molecular formula is C14H27NO3. The molecule has 0 aliphatic carbocycles. The zero-order chi connectivity index (χ0) is 14.3. The van der Waals surface area contributed by atoms with Crippen molar-refractivity contribution in [3.8, 4) is 0 Å². The van der Waals surface area contributed by atoms with Crippen molar-refractivity contribution in [3.05, 3.63) is 0 Å². The average Bonchev–Trinajstić information content (AvgIpc) is 2.28. The molecule has 0 heterocycles. The van der Waals surface area contributed by atoms with Gasteiger partial charge in [0.25, 0.3) is 0 Å². The van der Waals surface area contributed by atoms with E-state index in [-0.39, 0.29) is 11.8 Å². The van der Waals surface area contributed by atoms with Crippen molar-refractivity contribution in [1.82, 2.24) is 4.90 Å². The van der Waals surface area contributed by atoms with E-state index in [4.69, 9.17) is 5.11 Å². The summed E-state index contributed by atoms with van der Waals surface area (Å²) >= 11 is 0. The first-order valence-corrected chi connectivity index (χ1v) is 6.84. The largest absolute Gasteiger partial charge is 0.481 e. The maximum atomic E-state index is 12.3. The number of carbonyl (C=O) groups is 2. The number of carboxylic acids is 1.